The number of aromatic nitrogens is 2. The van der Waals surface area contributed by atoms with Crippen molar-refractivity contribution in [3.05, 3.63) is 18.0 Å². The van der Waals surface area contributed by atoms with Crippen LogP contribution in [0.1, 0.15) is 19.5 Å². The molecule has 1 aromatic rings. The molecule has 0 bridgehead atoms. The smallest absolute Gasteiger partial charge is 0.0492 e. The SMILES string of the molecule is CN(CCc1ccnn1C)C(C)(C)CN. The van der Waals surface area contributed by atoms with Crippen molar-refractivity contribution >= 4 is 0 Å². The number of aryl methyl sites for hydroxylation is 1. The fraction of sp³-hybridized carbons (Fsp3) is 0.727. The molecule has 2 N–H and O–H groups in total. The Labute approximate surface area is 92.1 Å². The van der Waals surface area contributed by atoms with E-state index in [1.165, 1.54) is 5.69 Å². The van der Waals surface area contributed by atoms with Crippen molar-refractivity contribution in [1.29, 1.82) is 0 Å². The second-order valence-corrected chi connectivity index (χ2v) is 4.63. The van der Waals surface area contributed by atoms with Crippen LogP contribution in [0.15, 0.2) is 12.3 Å². The summed E-state index contributed by atoms with van der Waals surface area (Å²) in [7, 11) is 4.09. The van der Waals surface area contributed by atoms with E-state index in [1.54, 1.807) is 0 Å². The van der Waals surface area contributed by atoms with Gasteiger partial charge in [-0.05, 0) is 27.0 Å². The maximum Gasteiger partial charge on any atom is 0.0492 e. The molecule has 0 spiro atoms. The van der Waals surface area contributed by atoms with Gasteiger partial charge in [0.1, 0.15) is 0 Å². The zero-order chi connectivity index (χ0) is 11.5. The Hall–Kier alpha value is -0.870. The van der Waals surface area contributed by atoms with E-state index in [4.69, 9.17) is 5.73 Å². The second-order valence-electron chi connectivity index (χ2n) is 4.63. The van der Waals surface area contributed by atoms with Crippen LogP contribution >= 0.6 is 0 Å². The van der Waals surface area contributed by atoms with Crippen LogP contribution in [0.5, 0.6) is 0 Å². The minimum atomic E-state index is 0.0680. The quantitative estimate of drug-likeness (QED) is 0.775. The van der Waals surface area contributed by atoms with Crippen LogP contribution in [0, 0.1) is 0 Å². The summed E-state index contributed by atoms with van der Waals surface area (Å²) < 4.78 is 1.92. The van der Waals surface area contributed by atoms with E-state index in [9.17, 15) is 0 Å². The fourth-order valence-electron chi connectivity index (χ4n) is 1.39. The number of hydrogen-bond donors (Lipinski definition) is 1. The van der Waals surface area contributed by atoms with Crippen molar-refractivity contribution in [3.63, 3.8) is 0 Å². The molecule has 1 aromatic heterocycles. The van der Waals surface area contributed by atoms with Crippen molar-refractivity contribution in [1.82, 2.24) is 14.7 Å². The first-order valence-electron chi connectivity index (χ1n) is 5.35. The molecule has 1 heterocycles. The first kappa shape index (κ1) is 12.2. The topological polar surface area (TPSA) is 47.1 Å². The molecular formula is C11H22N4. The predicted molar refractivity (Wildman–Crippen MR) is 62.7 cm³/mol. The number of nitrogens with two attached hydrogens (primary N) is 1. The molecule has 0 saturated heterocycles. The third-order valence-corrected chi connectivity index (χ3v) is 3.16. The van der Waals surface area contributed by atoms with Crippen molar-refractivity contribution in [3.8, 4) is 0 Å². The lowest BCUT2D eigenvalue weighted by Gasteiger charge is -2.34. The van der Waals surface area contributed by atoms with Gasteiger partial charge in [0.25, 0.3) is 0 Å². The van der Waals surface area contributed by atoms with Crippen LogP contribution in [-0.2, 0) is 13.5 Å². The molecule has 0 fully saturated rings. The first-order chi connectivity index (χ1) is 6.97. The molecule has 0 radical (unpaired) electrons. The van der Waals surface area contributed by atoms with Gasteiger partial charge in [0, 0.05) is 44.0 Å². The standard InChI is InChI=1S/C11H22N4/c1-11(2,9-12)14(3)8-6-10-5-7-13-15(10)4/h5,7H,6,8-9,12H2,1-4H3. The van der Waals surface area contributed by atoms with E-state index < -0.39 is 0 Å². The van der Waals surface area contributed by atoms with Gasteiger partial charge in [0.05, 0.1) is 0 Å². The van der Waals surface area contributed by atoms with Crippen LogP contribution < -0.4 is 5.73 Å². The van der Waals surface area contributed by atoms with Crippen LogP contribution in [0.4, 0.5) is 0 Å². The third-order valence-electron chi connectivity index (χ3n) is 3.16. The molecule has 86 valence electrons. The van der Waals surface area contributed by atoms with E-state index in [1.807, 2.05) is 17.9 Å². The van der Waals surface area contributed by atoms with E-state index in [-0.39, 0.29) is 5.54 Å². The molecule has 0 aromatic carbocycles. The van der Waals surface area contributed by atoms with Gasteiger partial charge in [-0.25, -0.2) is 0 Å². The van der Waals surface area contributed by atoms with Gasteiger partial charge in [-0.3, -0.25) is 9.58 Å². The predicted octanol–water partition coefficient (Wildman–Crippen LogP) is 0.632. The molecule has 0 aliphatic rings. The summed E-state index contributed by atoms with van der Waals surface area (Å²) in [6, 6.07) is 2.06. The van der Waals surface area contributed by atoms with Gasteiger partial charge in [-0.2, -0.15) is 5.10 Å². The number of likely N-dealkylation sites (N-methyl/N-ethyl adjacent to an activating group) is 1. The summed E-state index contributed by atoms with van der Waals surface area (Å²) in [5.41, 5.74) is 7.05. The highest BCUT2D eigenvalue weighted by molar-refractivity contribution is 5.00. The van der Waals surface area contributed by atoms with Gasteiger partial charge in [-0.1, -0.05) is 0 Å². The zero-order valence-corrected chi connectivity index (χ0v) is 10.2. The molecule has 0 unspecified atom stereocenters. The molecular weight excluding hydrogens is 188 g/mol. The van der Waals surface area contributed by atoms with Gasteiger partial charge in [0.2, 0.25) is 0 Å². The van der Waals surface area contributed by atoms with Crippen LogP contribution in [0.25, 0.3) is 0 Å². The lowest BCUT2D eigenvalue weighted by molar-refractivity contribution is 0.165. The van der Waals surface area contributed by atoms with Crippen LogP contribution in [0.3, 0.4) is 0 Å². The maximum absolute atomic E-state index is 5.73. The van der Waals surface area contributed by atoms with Gasteiger partial charge in [-0.15, -0.1) is 0 Å². The molecule has 0 saturated carbocycles. The molecule has 0 amide bonds. The van der Waals surface area contributed by atoms with Crippen molar-refractivity contribution in [2.45, 2.75) is 25.8 Å². The number of rotatable bonds is 5. The summed E-state index contributed by atoms with van der Waals surface area (Å²) in [4.78, 5) is 2.29. The maximum atomic E-state index is 5.73. The summed E-state index contributed by atoms with van der Waals surface area (Å²) in [6.45, 7) is 6.01. The summed E-state index contributed by atoms with van der Waals surface area (Å²) in [6.07, 6.45) is 2.85. The highest BCUT2D eigenvalue weighted by Crippen LogP contribution is 2.10. The summed E-state index contributed by atoms with van der Waals surface area (Å²) in [5.74, 6) is 0. The summed E-state index contributed by atoms with van der Waals surface area (Å²) in [5, 5.41) is 4.15. The van der Waals surface area contributed by atoms with E-state index in [0.29, 0.717) is 6.54 Å². The van der Waals surface area contributed by atoms with E-state index >= 15 is 0 Å². The third kappa shape index (κ3) is 3.04. The lowest BCUT2D eigenvalue weighted by atomic mass is 10.0. The van der Waals surface area contributed by atoms with Crippen LogP contribution in [-0.4, -0.2) is 40.4 Å². The van der Waals surface area contributed by atoms with Crippen molar-refractivity contribution in [2.75, 3.05) is 20.1 Å². The number of nitrogens with zero attached hydrogens (tertiary/aromatic N) is 3. The Morgan fingerprint density at radius 3 is 2.67 bits per heavy atom. The van der Waals surface area contributed by atoms with Gasteiger partial charge < -0.3 is 5.73 Å². The Kier molecular flexibility index (Phi) is 3.88. The lowest BCUT2D eigenvalue weighted by Crippen LogP contribution is -2.47. The largest absolute Gasteiger partial charge is 0.329 e. The molecule has 4 nitrogen and oxygen atoms in total. The Balaban J connectivity index is 2.48. The van der Waals surface area contributed by atoms with E-state index in [0.717, 1.165) is 13.0 Å². The average molecular weight is 210 g/mol. The number of hydrogen-bond acceptors (Lipinski definition) is 3. The van der Waals surface area contributed by atoms with Gasteiger partial charge >= 0.3 is 0 Å². The van der Waals surface area contributed by atoms with Crippen molar-refractivity contribution in [2.24, 2.45) is 12.8 Å². The fourth-order valence-corrected chi connectivity index (χ4v) is 1.39. The van der Waals surface area contributed by atoms with Crippen molar-refractivity contribution < 1.29 is 0 Å². The highest BCUT2D eigenvalue weighted by atomic mass is 15.3. The summed E-state index contributed by atoms with van der Waals surface area (Å²) >= 11 is 0. The zero-order valence-electron chi connectivity index (χ0n) is 10.2. The first-order valence-corrected chi connectivity index (χ1v) is 5.35. The monoisotopic (exact) mass is 210 g/mol. The Morgan fingerprint density at radius 1 is 1.53 bits per heavy atom. The van der Waals surface area contributed by atoms with Crippen LogP contribution in [0.2, 0.25) is 0 Å². The van der Waals surface area contributed by atoms with Gasteiger partial charge in [0.15, 0.2) is 0 Å². The minimum Gasteiger partial charge on any atom is -0.329 e. The minimum absolute atomic E-state index is 0.0680. The Morgan fingerprint density at radius 2 is 2.20 bits per heavy atom. The molecule has 0 aliphatic heterocycles. The molecule has 0 aliphatic carbocycles. The molecule has 0 atom stereocenters. The Bertz CT molecular complexity index is 303. The molecule has 1 rings (SSSR count). The second kappa shape index (κ2) is 4.77. The molecule has 4 heteroatoms. The molecule has 15 heavy (non-hydrogen) atoms. The van der Waals surface area contributed by atoms with E-state index in [2.05, 4.69) is 37.0 Å². The average Bonchev–Trinajstić information content (AvgIpc) is 2.60. The highest BCUT2D eigenvalue weighted by Gasteiger charge is 2.21. The normalized spacial score (nSPS) is 12.4.